The Morgan fingerprint density at radius 2 is 1.70 bits per heavy atom. The molecule has 2 N–H and O–H groups in total. The number of nitrogens with zero attached hydrogens (tertiary/aromatic N) is 7. The molecule has 0 saturated carbocycles. The number of aromatic nitrogens is 7. The van der Waals surface area contributed by atoms with Gasteiger partial charge in [-0.05, 0) is 19.9 Å². The molecule has 0 saturated heterocycles. The van der Waals surface area contributed by atoms with Gasteiger partial charge in [-0.3, -0.25) is 0 Å². The topological polar surface area (TPSA) is 137 Å². The normalized spacial score (nSPS) is 10.7. The first-order valence-electron chi connectivity index (χ1n) is 9.04. The summed E-state index contributed by atoms with van der Waals surface area (Å²) in [5.74, 6) is 4.19. The van der Waals surface area contributed by atoms with Crippen LogP contribution in [0.2, 0.25) is 0 Å². The molecule has 0 fully saturated rings. The highest BCUT2D eigenvalue weighted by Gasteiger charge is 2.17. The second kappa shape index (κ2) is 8.07. The van der Waals surface area contributed by atoms with Gasteiger partial charge in [0.25, 0.3) is 0 Å². The van der Waals surface area contributed by atoms with Gasteiger partial charge in [-0.15, -0.1) is 0 Å². The van der Waals surface area contributed by atoms with Gasteiger partial charge in [-0.2, -0.15) is 4.98 Å². The predicted octanol–water partition coefficient (Wildman–Crippen LogP) is 3.13. The minimum atomic E-state index is 0.411. The largest absolute Gasteiger partial charge is 0.492 e. The average molecular weight is 405 g/mol. The van der Waals surface area contributed by atoms with E-state index in [1.807, 2.05) is 19.9 Å². The minimum Gasteiger partial charge on any atom is -0.492 e. The van der Waals surface area contributed by atoms with Crippen LogP contribution in [-0.4, -0.2) is 42.2 Å². The molecule has 4 aromatic heterocycles. The quantitative estimate of drug-likeness (QED) is 0.489. The fourth-order valence-corrected chi connectivity index (χ4v) is 2.86. The summed E-state index contributed by atoms with van der Waals surface area (Å²) in [4.78, 5) is 25.7. The summed E-state index contributed by atoms with van der Waals surface area (Å²) in [6.07, 6.45) is 3.06. The number of nitrogens with one attached hydrogen (secondary N) is 2. The first kappa shape index (κ1) is 19.2. The molecule has 0 aliphatic rings. The molecule has 0 amide bonds. The van der Waals surface area contributed by atoms with E-state index in [2.05, 4.69) is 45.7 Å². The average Bonchev–Trinajstić information content (AvgIpc) is 3.13. The van der Waals surface area contributed by atoms with Crippen molar-refractivity contribution in [2.75, 3.05) is 17.7 Å². The number of hydrogen-bond acceptors (Lipinski definition) is 11. The van der Waals surface area contributed by atoms with Crippen molar-refractivity contribution in [3.8, 4) is 17.1 Å². The number of methoxy groups -OCH3 is 1. The van der Waals surface area contributed by atoms with E-state index < -0.39 is 0 Å². The number of ether oxygens (including phenoxy) is 1. The van der Waals surface area contributed by atoms with E-state index in [1.54, 1.807) is 32.4 Å². The van der Waals surface area contributed by atoms with Gasteiger partial charge in [-0.25, -0.2) is 24.9 Å². The number of aryl methyl sites for hydroxylation is 3. The zero-order valence-electron chi connectivity index (χ0n) is 16.8. The second-order valence-electron chi connectivity index (χ2n) is 6.36. The molecule has 11 nitrogen and oxygen atoms in total. The van der Waals surface area contributed by atoms with Crippen LogP contribution in [0, 0.1) is 20.8 Å². The fourth-order valence-electron chi connectivity index (χ4n) is 2.86. The van der Waals surface area contributed by atoms with Crippen molar-refractivity contribution >= 4 is 23.3 Å². The zero-order chi connectivity index (χ0) is 21.1. The van der Waals surface area contributed by atoms with Crippen molar-refractivity contribution in [1.29, 1.82) is 0 Å². The maximum absolute atomic E-state index is 5.54. The molecule has 4 heterocycles. The van der Waals surface area contributed by atoms with Crippen molar-refractivity contribution in [3.05, 3.63) is 48.1 Å². The number of anilines is 4. The van der Waals surface area contributed by atoms with Gasteiger partial charge in [0.1, 0.15) is 29.6 Å². The van der Waals surface area contributed by atoms with Gasteiger partial charge in [0.2, 0.25) is 11.7 Å². The summed E-state index contributed by atoms with van der Waals surface area (Å²) in [6.45, 7) is 5.46. The van der Waals surface area contributed by atoms with E-state index in [-0.39, 0.29) is 0 Å². The monoisotopic (exact) mass is 405 g/mol. The summed E-state index contributed by atoms with van der Waals surface area (Å²) in [7, 11) is 1.55. The fraction of sp³-hybridized carbons (Fsp3) is 0.211. The van der Waals surface area contributed by atoms with Crippen molar-refractivity contribution < 1.29 is 9.26 Å². The highest BCUT2D eigenvalue weighted by atomic mass is 16.5. The summed E-state index contributed by atoms with van der Waals surface area (Å²) < 4.78 is 10.6. The minimum absolute atomic E-state index is 0.411. The first-order chi connectivity index (χ1) is 14.5. The van der Waals surface area contributed by atoms with Crippen molar-refractivity contribution in [3.63, 3.8) is 0 Å². The third-order valence-corrected chi connectivity index (χ3v) is 4.01. The Morgan fingerprint density at radius 3 is 2.40 bits per heavy atom. The summed E-state index contributed by atoms with van der Waals surface area (Å²) in [5, 5.41) is 10.2. The van der Waals surface area contributed by atoms with E-state index in [0.29, 0.717) is 52.1 Å². The summed E-state index contributed by atoms with van der Waals surface area (Å²) in [6, 6.07) is 5.32. The van der Waals surface area contributed by atoms with Gasteiger partial charge in [-0.1, -0.05) is 5.16 Å². The summed E-state index contributed by atoms with van der Waals surface area (Å²) in [5.41, 5.74) is 1.51. The Bertz CT molecular complexity index is 1170. The highest BCUT2D eigenvalue weighted by Crippen LogP contribution is 2.34. The van der Waals surface area contributed by atoms with Crippen LogP contribution >= 0.6 is 0 Å². The lowest BCUT2D eigenvalue weighted by Crippen LogP contribution is -2.04. The van der Waals surface area contributed by atoms with E-state index in [1.165, 1.54) is 6.33 Å². The third-order valence-electron chi connectivity index (χ3n) is 4.01. The Hall–Kier alpha value is -4.15. The van der Waals surface area contributed by atoms with Gasteiger partial charge in [0.15, 0.2) is 11.6 Å². The Labute approximate surface area is 172 Å². The highest BCUT2D eigenvalue weighted by molar-refractivity contribution is 5.74. The van der Waals surface area contributed by atoms with E-state index in [9.17, 15) is 0 Å². The molecule has 0 unspecified atom stereocenters. The molecule has 30 heavy (non-hydrogen) atoms. The Kier molecular flexibility index (Phi) is 5.16. The number of pyridine rings is 1. The van der Waals surface area contributed by atoms with Crippen LogP contribution in [0.4, 0.5) is 23.3 Å². The molecule has 4 rings (SSSR count). The van der Waals surface area contributed by atoms with Crippen molar-refractivity contribution in [2.45, 2.75) is 20.8 Å². The van der Waals surface area contributed by atoms with E-state index in [4.69, 9.17) is 9.26 Å². The molecular weight excluding hydrogens is 386 g/mol. The molecule has 4 aromatic rings. The van der Waals surface area contributed by atoms with E-state index >= 15 is 0 Å². The van der Waals surface area contributed by atoms with Crippen LogP contribution in [0.15, 0.2) is 35.2 Å². The third kappa shape index (κ3) is 4.14. The molecule has 0 spiro atoms. The van der Waals surface area contributed by atoms with Crippen LogP contribution in [0.1, 0.15) is 17.4 Å². The van der Waals surface area contributed by atoms with Crippen LogP contribution in [-0.2, 0) is 0 Å². The van der Waals surface area contributed by atoms with Crippen LogP contribution < -0.4 is 15.4 Å². The number of rotatable bonds is 6. The lowest BCUT2D eigenvalue weighted by atomic mass is 10.2. The SMILES string of the molecule is COc1c(-c2noc(C)n2)ccnc1Nc1cc(Nc2cc(C)nc(C)n2)ncn1. The standard InChI is InChI=1S/C19H19N9O2/c1-10-7-16(24-11(2)23-10)26-14-8-15(22-9-21-14)27-19-17(29-4)13(5-6-20-19)18-25-12(3)30-28-18/h5-9H,1-4H3,(H2,20,21,22,23,24,26,27). The smallest absolute Gasteiger partial charge is 0.223 e. The lowest BCUT2D eigenvalue weighted by molar-refractivity contribution is 0.393. The molecule has 0 bridgehead atoms. The molecule has 0 aromatic carbocycles. The number of hydrogen-bond donors (Lipinski definition) is 2. The molecule has 0 aliphatic heterocycles. The lowest BCUT2D eigenvalue weighted by Gasteiger charge is -2.12. The van der Waals surface area contributed by atoms with Gasteiger partial charge < -0.3 is 19.9 Å². The zero-order valence-corrected chi connectivity index (χ0v) is 16.8. The van der Waals surface area contributed by atoms with Gasteiger partial charge in [0, 0.05) is 30.9 Å². The first-order valence-corrected chi connectivity index (χ1v) is 9.04. The Morgan fingerprint density at radius 1 is 0.900 bits per heavy atom. The second-order valence-corrected chi connectivity index (χ2v) is 6.36. The van der Waals surface area contributed by atoms with Crippen LogP contribution in [0.25, 0.3) is 11.4 Å². The molecule has 11 heteroatoms. The van der Waals surface area contributed by atoms with Crippen LogP contribution in [0.5, 0.6) is 5.75 Å². The molecule has 0 radical (unpaired) electrons. The molecule has 0 aliphatic carbocycles. The summed E-state index contributed by atoms with van der Waals surface area (Å²) >= 11 is 0. The predicted molar refractivity (Wildman–Crippen MR) is 109 cm³/mol. The molecule has 0 atom stereocenters. The Balaban J connectivity index is 1.61. The maximum atomic E-state index is 5.54. The molecule has 152 valence electrons. The molecular formula is C19H19N9O2. The van der Waals surface area contributed by atoms with Crippen molar-refractivity contribution in [2.24, 2.45) is 0 Å². The maximum Gasteiger partial charge on any atom is 0.223 e. The van der Waals surface area contributed by atoms with E-state index in [0.717, 1.165) is 5.69 Å². The van der Waals surface area contributed by atoms with Crippen molar-refractivity contribution in [1.82, 2.24) is 35.1 Å². The van der Waals surface area contributed by atoms with Gasteiger partial charge >= 0.3 is 0 Å². The van der Waals surface area contributed by atoms with Gasteiger partial charge in [0.05, 0.1) is 12.7 Å². The van der Waals surface area contributed by atoms with Crippen LogP contribution in [0.3, 0.4) is 0 Å².